The van der Waals surface area contributed by atoms with Gasteiger partial charge in [0.1, 0.15) is 12.1 Å². The SMILES string of the molecule is CC(CN)CCCNc1ncnc2c1CCCC2. The van der Waals surface area contributed by atoms with Gasteiger partial charge in [0.25, 0.3) is 0 Å². The number of hydrogen-bond donors (Lipinski definition) is 2. The summed E-state index contributed by atoms with van der Waals surface area (Å²) in [7, 11) is 0. The van der Waals surface area contributed by atoms with Crippen LogP contribution in [0, 0.1) is 5.92 Å². The normalized spacial score (nSPS) is 16.1. The number of fused-ring (bicyclic) bond motifs is 1. The summed E-state index contributed by atoms with van der Waals surface area (Å²) in [6, 6.07) is 0. The number of hydrogen-bond acceptors (Lipinski definition) is 4. The molecule has 1 heterocycles. The molecule has 18 heavy (non-hydrogen) atoms. The van der Waals surface area contributed by atoms with Gasteiger partial charge in [0.15, 0.2) is 0 Å². The van der Waals surface area contributed by atoms with Crippen molar-refractivity contribution in [2.24, 2.45) is 11.7 Å². The lowest BCUT2D eigenvalue weighted by atomic mass is 9.96. The van der Waals surface area contributed by atoms with Gasteiger partial charge < -0.3 is 11.1 Å². The maximum atomic E-state index is 5.62. The van der Waals surface area contributed by atoms with E-state index in [9.17, 15) is 0 Å². The molecule has 0 amide bonds. The van der Waals surface area contributed by atoms with E-state index in [1.165, 1.54) is 30.5 Å². The van der Waals surface area contributed by atoms with Gasteiger partial charge in [0, 0.05) is 17.8 Å². The Morgan fingerprint density at radius 1 is 1.33 bits per heavy atom. The molecular weight excluding hydrogens is 224 g/mol. The third-order valence-corrected chi connectivity index (χ3v) is 3.69. The summed E-state index contributed by atoms with van der Waals surface area (Å²) in [5.41, 5.74) is 8.20. The third kappa shape index (κ3) is 3.42. The molecule has 0 saturated heterocycles. The average molecular weight is 248 g/mol. The zero-order valence-corrected chi connectivity index (χ0v) is 11.3. The van der Waals surface area contributed by atoms with Crippen molar-refractivity contribution >= 4 is 5.82 Å². The predicted molar refractivity (Wildman–Crippen MR) is 74.6 cm³/mol. The van der Waals surface area contributed by atoms with E-state index in [1.54, 1.807) is 6.33 Å². The van der Waals surface area contributed by atoms with Gasteiger partial charge in [0.05, 0.1) is 0 Å². The van der Waals surface area contributed by atoms with Crippen molar-refractivity contribution in [3.05, 3.63) is 17.6 Å². The summed E-state index contributed by atoms with van der Waals surface area (Å²) in [5, 5.41) is 3.46. The van der Waals surface area contributed by atoms with Crippen LogP contribution in [-0.4, -0.2) is 23.1 Å². The molecule has 100 valence electrons. The molecule has 0 radical (unpaired) electrons. The van der Waals surface area contributed by atoms with Gasteiger partial charge in [-0.3, -0.25) is 0 Å². The largest absolute Gasteiger partial charge is 0.370 e. The fourth-order valence-corrected chi connectivity index (χ4v) is 2.45. The van der Waals surface area contributed by atoms with Crippen LogP contribution in [0.4, 0.5) is 5.82 Å². The first kappa shape index (κ1) is 13.3. The van der Waals surface area contributed by atoms with Gasteiger partial charge in [-0.05, 0) is 51.0 Å². The van der Waals surface area contributed by atoms with Crippen LogP contribution in [0.3, 0.4) is 0 Å². The van der Waals surface area contributed by atoms with Crippen molar-refractivity contribution in [1.82, 2.24) is 9.97 Å². The Labute approximate surface area is 109 Å². The van der Waals surface area contributed by atoms with Gasteiger partial charge >= 0.3 is 0 Å². The van der Waals surface area contributed by atoms with Crippen LogP contribution >= 0.6 is 0 Å². The summed E-state index contributed by atoms with van der Waals surface area (Å²) in [6.07, 6.45) is 8.77. The van der Waals surface area contributed by atoms with Crippen LogP contribution in [0.25, 0.3) is 0 Å². The molecule has 0 fully saturated rings. The van der Waals surface area contributed by atoms with Crippen molar-refractivity contribution < 1.29 is 0 Å². The highest BCUT2D eigenvalue weighted by Crippen LogP contribution is 2.24. The van der Waals surface area contributed by atoms with Crippen molar-refractivity contribution in [1.29, 1.82) is 0 Å². The molecule has 4 heteroatoms. The molecule has 4 nitrogen and oxygen atoms in total. The Morgan fingerprint density at radius 2 is 2.17 bits per heavy atom. The molecule has 1 aromatic rings. The van der Waals surface area contributed by atoms with Crippen LogP contribution in [0.2, 0.25) is 0 Å². The van der Waals surface area contributed by atoms with Crippen LogP contribution in [0.5, 0.6) is 0 Å². The fraction of sp³-hybridized carbons (Fsp3) is 0.714. The molecule has 2 rings (SSSR count). The number of aryl methyl sites for hydroxylation is 1. The molecule has 0 saturated carbocycles. The molecule has 3 N–H and O–H groups in total. The summed E-state index contributed by atoms with van der Waals surface area (Å²) in [4.78, 5) is 8.76. The minimum absolute atomic E-state index is 0.617. The first-order chi connectivity index (χ1) is 8.81. The molecule has 1 atom stereocenters. The first-order valence-corrected chi connectivity index (χ1v) is 7.08. The van der Waals surface area contributed by atoms with E-state index in [2.05, 4.69) is 22.2 Å². The molecule has 0 spiro atoms. The predicted octanol–water partition coefficient (Wildman–Crippen LogP) is 2.14. The highest BCUT2D eigenvalue weighted by atomic mass is 15.0. The maximum Gasteiger partial charge on any atom is 0.132 e. The van der Waals surface area contributed by atoms with E-state index in [4.69, 9.17) is 5.73 Å². The lowest BCUT2D eigenvalue weighted by Crippen LogP contribution is -2.15. The van der Waals surface area contributed by atoms with E-state index in [1.807, 2.05) is 0 Å². The Morgan fingerprint density at radius 3 is 3.00 bits per heavy atom. The number of aromatic nitrogens is 2. The molecule has 0 aromatic carbocycles. The van der Waals surface area contributed by atoms with Crippen LogP contribution in [-0.2, 0) is 12.8 Å². The number of rotatable bonds is 6. The molecule has 1 aliphatic rings. The van der Waals surface area contributed by atoms with Crippen molar-refractivity contribution in [3.8, 4) is 0 Å². The maximum absolute atomic E-state index is 5.62. The van der Waals surface area contributed by atoms with Gasteiger partial charge in [-0.25, -0.2) is 9.97 Å². The second-order valence-corrected chi connectivity index (χ2v) is 5.26. The van der Waals surface area contributed by atoms with Gasteiger partial charge in [0.2, 0.25) is 0 Å². The molecule has 1 aliphatic carbocycles. The zero-order valence-electron chi connectivity index (χ0n) is 11.3. The topological polar surface area (TPSA) is 63.8 Å². The minimum atomic E-state index is 0.617. The minimum Gasteiger partial charge on any atom is -0.370 e. The standard InChI is InChI=1S/C14H24N4/c1-11(9-15)5-4-8-16-14-12-6-2-3-7-13(12)17-10-18-14/h10-11H,2-9,15H2,1H3,(H,16,17,18). The third-order valence-electron chi connectivity index (χ3n) is 3.69. The number of nitrogens with one attached hydrogen (secondary N) is 1. The molecule has 0 aliphatic heterocycles. The van der Waals surface area contributed by atoms with E-state index in [-0.39, 0.29) is 0 Å². The van der Waals surface area contributed by atoms with Gasteiger partial charge in [-0.1, -0.05) is 6.92 Å². The van der Waals surface area contributed by atoms with Gasteiger partial charge in [-0.15, -0.1) is 0 Å². The Hall–Kier alpha value is -1.16. The summed E-state index contributed by atoms with van der Waals surface area (Å²) in [6.45, 7) is 3.96. The van der Waals surface area contributed by atoms with Crippen LogP contribution in [0.1, 0.15) is 43.9 Å². The summed E-state index contributed by atoms with van der Waals surface area (Å²) < 4.78 is 0. The first-order valence-electron chi connectivity index (χ1n) is 7.08. The summed E-state index contributed by atoms with van der Waals surface area (Å²) >= 11 is 0. The van der Waals surface area contributed by atoms with E-state index < -0.39 is 0 Å². The van der Waals surface area contributed by atoms with E-state index in [0.717, 1.165) is 38.2 Å². The number of nitrogens with two attached hydrogens (primary N) is 1. The highest BCUT2D eigenvalue weighted by molar-refractivity contribution is 5.46. The fourth-order valence-electron chi connectivity index (χ4n) is 2.45. The average Bonchev–Trinajstić information content (AvgIpc) is 2.43. The molecule has 0 bridgehead atoms. The Balaban J connectivity index is 1.86. The summed E-state index contributed by atoms with van der Waals surface area (Å²) in [5.74, 6) is 1.67. The van der Waals surface area contributed by atoms with Crippen LogP contribution in [0.15, 0.2) is 6.33 Å². The Bertz CT molecular complexity index is 378. The molecule has 1 aromatic heterocycles. The second kappa shape index (κ2) is 6.69. The second-order valence-electron chi connectivity index (χ2n) is 5.26. The van der Waals surface area contributed by atoms with E-state index in [0.29, 0.717) is 5.92 Å². The van der Waals surface area contributed by atoms with Crippen molar-refractivity contribution in [2.45, 2.75) is 45.4 Å². The van der Waals surface area contributed by atoms with Crippen LogP contribution < -0.4 is 11.1 Å². The monoisotopic (exact) mass is 248 g/mol. The van der Waals surface area contributed by atoms with Gasteiger partial charge in [-0.2, -0.15) is 0 Å². The smallest absolute Gasteiger partial charge is 0.132 e. The number of nitrogens with zero attached hydrogens (tertiary/aromatic N) is 2. The number of anilines is 1. The Kier molecular flexibility index (Phi) is 4.93. The molecular formula is C14H24N4. The lowest BCUT2D eigenvalue weighted by molar-refractivity contribution is 0.529. The lowest BCUT2D eigenvalue weighted by Gasteiger charge is -2.18. The van der Waals surface area contributed by atoms with Crippen molar-refractivity contribution in [3.63, 3.8) is 0 Å². The highest BCUT2D eigenvalue weighted by Gasteiger charge is 2.14. The molecule has 1 unspecified atom stereocenters. The zero-order chi connectivity index (χ0) is 12.8. The van der Waals surface area contributed by atoms with E-state index >= 15 is 0 Å². The quantitative estimate of drug-likeness (QED) is 0.757. The van der Waals surface area contributed by atoms with Crippen molar-refractivity contribution in [2.75, 3.05) is 18.4 Å².